The number of hydrogen-bond donors (Lipinski definition) is 0. The highest BCUT2D eigenvalue weighted by molar-refractivity contribution is 6.25. The maximum absolute atomic E-state index is 10.4. The number of hydrogen-bond acceptors (Lipinski definition) is 1. The molecule has 0 aliphatic heterocycles. The summed E-state index contributed by atoms with van der Waals surface area (Å²) in [5.74, 6) is 0.289. The molecule has 1 aliphatic rings. The maximum Gasteiger partial charge on any atom is 0.155 e. The van der Waals surface area contributed by atoms with Crippen molar-refractivity contribution in [3.05, 3.63) is 11.5 Å². The van der Waals surface area contributed by atoms with Gasteiger partial charge in [-0.05, 0) is 12.5 Å². The van der Waals surface area contributed by atoms with Gasteiger partial charge in [0.1, 0.15) is 7.85 Å². The largest absolute Gasteiger partial charge is 0.295 e. The third kappa shape index (κ3) is 0.920. The SMILES string of the molecule is BC1=CC(=O)CC1. The Morgan fingerprint density at radius 2 is 2.29 bits per heavy atom. The standard InChI is InChI=1S/C5H7BO/c6-4-1-2-5(7)3-4/h3H,1-2,6H2. The van der Waals surface area contributed by atoms with Gasteiger partial charge in [0, 0.05) is 6.42 Å². The van der Waals surface area contributed by atoms with Crippen molar-refractivity contribution in [2.24, 2.45) is 0 Å². The molecule has 0 aromatic carbocycles. The molecule has 0 aromatic heterocycles. The van der Waals surface area contributed by atoms with Crippen molar-refractivity contribution in [2.75, 3.05) is 0 Å². The van der Waals surface area contributed by atoms with Crippen LogP contribution in [0.15, 0.2) is 11.5 Å². The molecule has 0 saturated heterocycles. The number of allylic oxidation sites excluding steroid dienone is 2. The van der Waals surface area contributed by atoms with Gasteiger partial charge in [0.2, 0.25) is 0 Å². The number of carbonyl (C=O) groups excluding carboxylic acids is 1. The molecule has 7 heavy (non-hydrogen) atoms. The van der Waals surface area contributed by atoms with Gasteiger partial charge in [-0.2, -0.15) is 0 Å². The van der Waals surface area contributed by atoms with Crippen LogP contribution in [0.1, 0.15) is 12.8 Å². The lowest BCUT2D eigenvalue weighted by Crippen LogP contribution is -1.80. The van der Waals surface area contributed by atoms with Crippen LogP contribution in [-0.2, 0) is 4.79 Å². The number of ketones is 1. The molecule has 0 bridgehead atoms. The minimum atomic E-state index is 0.289. The lowest BCUT2D eigenvalue weighted by atomic mass is 9.96. The van der Waals surface area contributed by atoms with Crippen LogP contribution in [0.2, 0.25) is 0 Å². The second kappa shape index (κ2) is 1.53. The van der Waals surface area contributed by atoms with Gasteiger partial charge in [0.15, 0.2) is 5.78 Å². The summed E-state index contributed by atoms with van der Waals surface area (Å²) in [5.41, 5.74) is 1.23. The van der Waals surface area contributed by atoms with Crippen LogP contribution >= 0.6 is 0 Å². The van der Waals surface area contributed by atoms with Crippen LogP contribution in [0.25, 0.3) is 0 Å². The molecular formula is C5H7BO. The van der Waals surface area contributed by atoms with Crippen molar-refractivity contribution in [3.63, 3.8) is 0 Å². The Balaban J connectivity index is 2.67. The molecule has 0 fully saturated rings. The molecule has 0 saturated carbocycles. The lowest BCUT2D eigenvalue weighted by Gasteiger charge is -1.78. The predicted octanol–water partition coefficient (Wildman–Crippen LogP) is -0.134. The first kappa shape index (κ1) is 4.63. The average molecular weight is 93.9 g/mol. The quantitative estimate of drug-likeness (QED) is 0.382. The smallest absolute Gasteiger partial charge is 0.155 e. The molecule has 1 aliphatic carbocycles. The second-order valence-corrected chi connectivity index (χ2v) is 1.96. The molecule has 0 heterocycles. The Bertz CT molecular complexity index is 126. The molecule has 0 spiro atoms. The Hall–Kier alpha value is -0.525. The van der Waals surface area contributed by atoms with Crippen molar-refractivity contribution in [2.45, 2.75) is 12.8 Å². The van der Waals surface area contributed by atoms with E-state index in [-0.39, 0.29) is 5.78 Å². The number of carbonyl (C=O) groups is 1. The van der Waals surface area contributed by atoms with Gasteiger partial charge in [0.25, 0.3) is 0 Å². The molecular weight excluding hydrogens is 86.9 g/mol. The van der Waals surface area contributed by atoms with E-state index in [0.29, 0.717) is 0 Å². The van der Waals surface area contributed by atoms with E-state index in [1.807, 2.05) is 7.85 Å². The molecule has 0 atom stereocenters. The Morgan fingerprint density at radius 3 is 2.43 bits per heavy atom. The first-order chi connectivity index (χ1) is 3.29. The summed E-state index contributed by atoms with van der Waals surface area (Å²) in [7, 11) is 1.99. The van der Waals surface area contributed by atoms with E-state index in [1.54, 1.807) is 6.08 Å². The van der Waals surface area contributed by atoms with Crippen LogP contribution in [0.4, 0.5) is 0 Å². The fourth-order valence-electron chi connectivity index (χ4n) is 0.740. The van der Waals surface area contributed by atoms with Gasteiger partial charge >= 0.3 is 0 Å². The van der Waals surface area contributed by atoms with E-state index >= 15 is 0 Å². The summed E-state index contributed by atoms with van der Waals surface area (Å²) in [6.07, 6.45) is 3.45. The van der Waals surface area contributed by atoms with E-state index in [0.717, 1.165) is 12.8 Å². The molecule has 36 valence electrons. The van der Waals surface area contributed by atoms with E-state index < -0.39 is 0 Å². The van der Waals surface area contributed by atoms with Gasteiger partial charge < -0.3 is 0 Å². The topological polar surface area (TPSA) is 17.1 Å². The van der Waals surface area contributed by atoms with Crippen LogP contribution < -0.4 is 0 Å². The van der Waals surface area contributed by atoms with E-state index in [4.69, 9.17) is 0 Å². The van der Waals surface area contributed by atoms with E-state index in [1.165, 1.54) is 5.47 Å². The lowest BCUT2D eigenvalue weighted by molar-refractivity contribution is -0.114. The Morgan fingerprint density at radius 1 is 1.57 bits per heavy atom. The van der Waals surface area contributed by atoms with Crippen LogP contribution in [0.3, 0.4) is 0 Å². The molecule has 2 heteroatoms. The third-order valence-corrected chi connectivity index (χ3v) is 1.17. The zero-order chi connectivity index (χ0) is 5.28. The Labute approximate surface area is 43.8 Å². The number of rotatable bonds is 0. The summed E-state index contributed by atoms with van der Waals surface area (Å²) >= 11 is 0. The molecule has 0 unspecified atom stereocenters. The summed E-state index contributed by atoms with van der Waals surface area (Å²) in [5, 5.41) is 0. The molecule has 0 aromatic rings. The monoisotopic (exact) mass is 94.1 g/mol. The fourth-order valence-corrected chi connectivity index (χ4v) is 0.740. The summed E-state index contributed by atoms with van der Waals surface area (Å²) in [6.45, 7) is 0. The van der Waals surface area contributed by atoms with Gasteiger partial charge in [-0.3, -0.25) is 4.79 Å². The second-order valence-electron chi connectivity index (χ2n) is 1.96. The predicted molar refractivity (Wildman–Crippen MR) is 30.9 cm³/mol. The minimum Gasteiger partial charge on any atom is -0.295 e. The van der Waals surface area contributed by atoms with Crippen LogP contribution in [0, 0.1) is 0 Å². The summed E-state index contributed by atoms with van der Waals surface area (Å²) in [6, 6.07) is 0. The molecule has 1 rings (SSSR count). The Kier molecular flexibility index (Phi) is 1.01. The van der Waals surface area contributed by atoms with Crippen LogP contribution in [-0.4, -0.2) is 13.6 Å². The fraction of sp³-hybridized carbons (Fsp3) is 0.400. The van der Waals surface area contributed by atoms with Gasteiger partial charge in [-0.25, -0.2) is 0 Å². The summed E-state index contributed by atoms with van der Waals surface area (Å²) in [4.78, 5) is 10.4. The first-order valence-electron chi connectivity index (χ1n) is 2.49. The zero-order valence-electron chi connectivity index (χ0n) is 4.40. The van der Waals surface area contributed by atoms with E-state index in [9.17, 15) is 4.79 Å². The molecule has 0 amide bonds. The minimum absolute atomic E-state index is 0.289. The normalized spacial score (nSPS) is 20.0. The van der Waals surface area contributed by atoms with Crippen molar-refractivity contribution < 1.29 is 4.79 Å². The van der Waals surface area contributed by atoms with Crippen molar-refractivity contribution in [1.29, 1.82) is 0 Å². The highest BCUT2D eigenvalue weighted by Crippen LogP contribution is 2.09. The van der Waals surface area contributed by atoms with Crippen molar-refractivity contribution >= 4 is 13.6 Å². The van der Waals surface area contributed by atoms with Gasteiger partial charge in [0.05, 0.1) is 0 Å². The van der Waals surface area contributed by atoms with Crippen LogP contribution in [0.5, 0.6) is 0 Å². The molecule has 1 nitrogen and oxygen atoms in total. The highest BCUT2D eigenvalue weighted by Gasteiger charge is 2.05. The molecule has 0 N–H and O–H groups in total. The summed E-state index contributed by atoms with van der Waals surface area (Å²) < 4.78 is 0. The highest BCUT2D eigenvalue weighted by atomic mass is 16.1. The zero-order valence-corrected chi connectivity index (χ0v) is 4.40. The maximum atomic E-state index is 10.4. The van der Waals surface area contributed by atoms with Gasteiger partial charge in [-0.15, -0.1) is 5.47 Å². The molecule has 0 radical (unpaired) electrons. The van der Waals surface area contributed by atoms with E-state index in [2.05, 4.69) is 0 Å². The van der Waals surface area contributed by atoms with Gasteiger partial charge in [-0.1, -0.05) is 0 Å². The van der Waals surface area contributed by atoms with Crippen molar-refractivity contribution in [3.8, 4) is 0 Å². The average Bonchev–Trinajstić information content (AvgIpc) is 1.87. The first-order valence-corrected chi connectivity index (χ1v) is 2.49. The van der Waals surface area contributed by atoms with Crippen molar-refractivity contribution in [1.82, 2.24) is 0 Å². The third-order valence-electron chi connectivity index (χ3n) is 1.17.